The van der Waals surface area contributed by atoms with Gasteiger partial charge in [-0.2, -0.15) is 11.8 Å². The first-order chi connectivity index (χ1) is 9.66. The molecule has 0 aliphatic rings. The van der Waals surface area contributed by atoms with E-state index < -0.39 is 5.97 Å². The van der Waals surface area contributed by atoms with Gasteiger partial charge in [-0.3, -0.25) is 4.79 Å². The molecule has 1 atom stereocenters. The van der Waals surface area contributed by atoms with Gasteiger partial charge in [0.2, 0.25) is 0 Å². The second-order valence-electron chi connectivity index (χ2n) is 4.49. The Kier molecular flexibility index (Phi) is 5.11. The Morgan fingerprint density at radius 3 is 2.85 bits per heavy atom. The highest BCUT2D eigenvalue weighted by Gasteiger charge is 2.12. The van der Waals surface area contributed by atoms with E-state index in [0.717, 1.165) is 11.4 Å². The number of hydrogen-bond donors (Lipinski definition) is 1. The van der Waals surface area contributed by atoms with Crippen molar-refractivity contribution in [3.8, 4) is 0 Å². The molecule has 0 aliphatic carbocycles. The SMILES string of the molecule is CC(CSCc1nnnn1Cc1ccccc1)C(=O)O. The lowest BCUT2D eigenvalue weighted by Crippen LogP contribution is -2.12. The number of benzene rings is 1. The van der Waals surface area contributed by atoms with Crippen LogP contribution in [0.25, 0.3) is 0 Å². The zero-order chi connectivity index (χ0) is 14.4. The number of hydrogen-bond acceptors (Lipinski definition) is 5. The van der Waals surface area contributed by atoms with E-state index in [1.807, 2.05) is 30.3 Å². The second-order valence-corrected chi connectivity index (χ2v) is 5.52. The van der Waals surface area contributed by atoms with Crippen molar-refractivity contribution in [1.82, 2.24) is 20.2 Å². The number of rotatable bonds is 7. The molecule has 0 spiro atoms. The third-order valence-corrected chi connectivity index (χ3v) is 4.00. The van der Waals surface area contributed by atoms with Crippen molar-refractivity contribution in [2.45, 2.75) is 19.2 Å². The van der Waals surface area contributed by atoms with Crippen LogP contribution < -0.4 is 0 Å². The lowest BCUT2D eigenvalue weighted by atomic mass is 10.2. The van der Waals surface area contributed by atoms with Crippen molar-refractivity contribution in [1.29, 1.82) is 0 Å². The molecule has 0 amide bonds. The summed E-state index contributed by atoms with van der Waals surface area (Å²) < 4.78 is 1.74. The van der Waals surface area contributed by atoms with Crippen LogP contribution >= 0.6 is 11.8 Å². The monoisotopic (exact) mass is 292 g/mol. The summed E-state index contributed by atoms with van der Waals surface area (Å²) in [5.41, 5.74) is 1.13. The van der Waals surface area contributed by atoms with Crippen molar-refractivity contribution >= 4 is 17.7 Å². The number of aliphatic carboxylic acids is 1. The van der Waals surface area contributed by atoms with Crippen LogP contribution in [0.4, 0.5) is 0 Å². The molecular weight excluding hydrogens is 276 g/mol. The summed E-state index contributed by atoms with van der Waals surface area (Å²) in [6, 6.07) is 9.95. The molecule has 0 saturated heterocycles. The van der Waals surface area contributed by atoms with E-state index in [1.54, 1.807) is 11.6 Å². The summed E-state index contributed by atoms with van der Waals surface area (Å²) in [5, 5.41) is 20.5. The predicted octanol–water partition coefficient (Wildman–Crippen LogP) is 1.68. The van der Waals surface area contributed by atoms with Crippen LogP contribution in [0.3, 0.4) is 0 Å². The molecule has 1 unspecified atom stereocenters. The molecule has 2 aromatic rings. The van der Waals surface area contributed by atoms with Gasteiger partial charge in [0.15, 0.2) is 5.82 Å². The lowest BCUT2D eigenvalue weighted by molar-refractivity contribution is -0.140. The third kappa shape index (κ3) is 4.06. The second kappa shape index (κ2) is 7.04. The van der Waals surface area contributed by atoms with E-state index in [-0.39, 0.29) is 5.92 Å². The highest BCUT2D eigenvalue weighted by molar-refractivity contribution is 7.98. The van der Waals surface area contributed by atoms with Crippen molar-refractivity contribution in [2.75, 3.05) is 5.75 Å². The molecule has 1 N–H and O–H groups in total. The number of aromatic nitrogens is 4. The normalized spacial score (nSPS) is 12.2. The van der Waals surface area contributed by atoms with Crippen LogP contribution in [0.5, 0.6) is 0 Å². The van der Waals surface area contributed by atoms with Gasteiger partial charge in [-0.1, -0.05) is 37.3 Å². The minimum atomic E-state index is -0.777. The molecule has 6 nitrogen and oxygen atoms in total. The van der Waals surface area contributed by atoms with Crippen molar-refractivity contribution in [3.05, 3.63) is 41.7 Å². The summed E-state index contributed by atoms with van der Waals surface area (Å²) in [4.78, 5) is 10.7. The van der Waals surface area contributed by atoms with E-state index in [2.05, 4.69) is 15.5 Å². The fourth-order valence-corrected chi connectivity index (χ4v) is 2.61. The zero-order valence-corrected chi connectivity index (χ0v) is 12.0. The number of tetrazole rings is 1. The van der Waals surface area contributed by atoms with Crippen LogP contribution in [-0.2, 0) is 17.1 Å². The summed E-state index contributed by atoms with van der Waals surface area (Å²) >= 11 is 1.53. The summed E-state index contributed by atoms with van der Waals surface area (Å²) in [6.45, 7) is 2.32. The van der Waals surface area contributed by atoms with Gasteiger partial charge in [-0.05, 0) is 16.0 Å². The standard InChI is InChI=1S/C13H16N4O2S/c1-10(13(18)19)8-20-9-12-14-15-16-17(12)7-11-5-3-2-4-6-11/h2-6,10H,7-9H2,1H3,(H,18,19). The number of carboxylic acid groups (broad SMARTS) is 1. The highest BCUT2D eigenvalue weighted by atomic mass is 32.2. The lowest BCUT2D eigenvalue weighted by Gasteiger charge is -2.06. The molecule has 0 aliphatic heterocycles. The maximum atomic E-state index is 10.7. The summed E-state index contributed by atoms with van der Waals surface area (Å²) in [6.07, 6.45) is 0. The number of thioether (sulfide) groups is 1. The molecule has 0 bridgehead atoms. The van der Waals surface area contributed by atoms with Crippen molar-refractivity contribution < 1.29 is 9.90 Å². The van der Waals surface area contributed by atoms with E-state index in [9.17, 15) is 4.79 Å². The molecule has 20 heavy (non-hydrogen) atoms. The van der Waals surface area contributed by atoms with Gasteiger partial charge in [0.25, 0.3) is 0 Å². The topological polar surface area (TPSA) is 80.9 Å². The Morgan fingerprint density at radius 1 is 1.40 bits per heavy atom. The Morgan fingerprint density at radius 2 is 2.15 bits per heavy atom. The maximum absolute atomic E-state index is 10.7. The average Bonchev–Trinajstić information content (AvgIpc) is 2.87. The van der Waals surface area contributed by atoms with Crippen LogP contribution in [0, 0.1) is 5.92 Å². The van der Waals surface area contributed by atoms with E-state index in [4.69, 9.17) is 5.11 Å². The van der Waals surface area contributed by atoms with Crippen molar-refractivity contribution in [3.63, 3.8) is 0 Å². The first kappa shape index (κ1) is 14.5. The minimum absolute atomic E-state index is 0.363. The Labute approximate surface area is 121 Å². The van der Waals surface area contributed by atoms with E-state index in [1.165, 1.54) is 11.8 Å². The fourth-order valence-electron chi connectivity index (χ4n) is 1.60. The molecule has 1 heterocycles. The molecule has 7 heteroatoms. The van der Waals surface area contributed by atoms with Gasteiger partial charge in [-0.15, -0.1) is 5.10 Å². The van der Waals surface area contributed by atoms with Crippen molar-refractivity contribution in [2.24, 2.45) is 5.92 Å². The maximum Gasteiger partial charge on any atom is 0.307 e. The molecule has 106 valence electrons. The first-order valence-electron chi connectivity index (χ1n) is 6.26. The smallest absolute Gasteiger partial charge is 0.307 e. The molecular formula is C13H16N4O2S. The van der Waals surface area contributed by atoms with Crippen LogP contribution in [0.2, 0.25) is 0 Å². The Balaban J connectivity index is 1.90. The average molecular weight is 292 g/mol. The summed E-state index contributed by atoms with van der Waals surface area (Å²) in [7, 11) is 0. The Hall–Kier alpha value is -1.89. The molecule has 1 aromatic carbocycles. The molecule has 0 saturated carbocycles. The largest absolute Gasteiger partial charge is 0.481 e. The molecule has 0 radical (unpaired) electrons. The number of nitrogens with zero attached hydrogens (tertiary/aromatic N) is 4. The minimum Gasteiger partial charge on any atom is -0.481 e. The van der Waals surface area contributed by atoms with Gasteiger partial charge in [0.1, 0.15) is 0 Å². The predicted molar refractivity (Wildman–Crippen MR) is 76.3 cm³/mol. The van der Waals surface area contributed by atoms with Gasteiger partial charge >= 0.3 is 5.97 Å². The summed E-state index contributed by atoms with van der Waals surface area (Å²) in [5.74, 6) is 0.779. The van der Waals surface area contributed by atoms with Crippen LogP contribution in [-0.4, -0.2) is 37.0 Å². The van der Waals surface area contributed by atoms with Crippen LogP contribution in [0.1, 0.15) is 18.3 Å². The number of carboxylic acids is 1. The molecule has 1 aromatic heterocycles. The van der Waals surface area contributed by atoms with Gasteiger partial charge in [-0.25, -0.2) is 4.68 Å². The number of carbonyl (C=O) groups is 1. The third-order valence-electron chi connectivity index (χ3n) is 2.80. The Bertz CT molecular complexity index is 559. The highest BCUT2D eigenvalue weighted by Crippen LogP contribution is 2.14. The van der Waals surface area contributed by atoms with Crippen LogP contribution in [0.15, 0.2) is 30.3 Å². The van der Waals surface area contributed by atoms with Gasteiger partial charge in [0, 0.05) is 5.75 Å². The molecule has 0 fully saturated rings. The fraction of sp³-hybridized carbons (Fsp3) is 0.385. The quantitative estimate of drug-likeness (QED) is 0.836. The van der Waals surface area contributed by atoms with E-state index in [0.29, 0.717) is 18.1 Å². The molecule has 2 rings (SSSR count). The first-order valence-corrected chi connectivity index (χ1v) is 7.42. The van der Waals surface area contributed by atoms with Gasteiger partial charge in [0.05, 0.1) is 18.2 Å². The van der Waals surface area contributed by atoms with Gasteiger partial charge < -0.3 is 5.11 Å². The van der Waals surface area contributed by atoms with E-state index >= 15 is 0 Å². The zero-order valence-electron chi connectivity index (χ0n) is 11.1.